The van der Waals surface area contributed by atoms with Crippen LogP contribution in [0.25, 0.3) is 22.3 Å². The molecule has 0 aliphatic rings. The molecule has 1 heterocycles. The van der Waals surface area contributed by atoms with Gasteiger partial charge in [-0.3, -0.25) is 4.98 Å². The summed E-state index contributed by atoms with van der Waals surface area (Å²) in [6.45, 7) is 0.439. The van der Waals surface area contributed by atoms with Gasteiger partial charge >= 0.3 is 0 Å². The van der Waals surface area contributed by atoms with Gasteiger partial charge in [0.05, 0.1) is 22.9 Å². The largest absolute Gasteiger partial charge is 0.489 e. The lowest BCUT2D eigenvalue weighted by molar-refractivity contribution is 0.306. The highest BCUT2D eigenvalue weighted by atomic mass is 35.5. The van der Waals surface area contributed by atoms with Crippen molar-refractivity contribution in [2.45, 2.75) is 6.61 Å². The molecule has 0 aliphatic heterocycles. The van der Waals surface area contributed by atoms with Crippen LogP contribution >= 0.6 is 11.6 Å². The van der Waals surface area contributed by atoms with E-state index in [1.807, 2.05) is 72.8 Å². The van der Waals surface area contributed by atoms with Crippen LogP contribution in [0.5, 0.6) is 5.75 Å². The van der Waals surface area contributed by atoms with Crippen molar-refractivity contribution in [1.29, 1.82) is 0 Å². The third-order valence-corrected chi connectivity index (χ3v) is 4.32. The van der Waals surface area contributed by atoms with E-state index >= 15 is 0 Å². The first kappa shape index (κ1) is 15.6. The second kappa shape index (κ2) is 6.91. The van der Waals surface area contributed by atoms with E-state index in [1.54, 1.807) is 6.20 Å². The van der Waals surface area contributed by atoms with E-state index in [2.05, 4.69) is 9.97 Å². The Bertz CT molecular complexity index is 1020. The molecule has 4 rings (SSSR count). The molecule has 0 amide bonds. The van der Waals surface area contributed by atoms with Crippen LogP contribution < -0.4 is 4.74 Å². The molecule has 4 heteroatoms. The van der Waals surface area contributed by atoms with Crippen molar-refractivity contribution in [1.82, 2.24) is 9.97 Å². The maximum Gasteiger partial charge on any atom is 0.119 e. The molecule has 0 saturated heterocycles. The predicted molar refractivity (Wildman–Crippen MR) is 101 cm³/mol. The van der Waals surface area contributed by atoms with Crippen molar-refractivity contribution in [2.24, 2.45) is 0 Å². The summed E-state index contributed by atoms with van der Waals surface area (Å²) in [6, 6.07) is 23.4. The summed E-state index contributed by atoms with van der Waals surface area (Å²) in [6.07, 6.45) is 1.79. The maximum absolute atomic E-state index is 6.15. The summed E-state index contributed by atoms with van der Waals surface area (Å²) in [7, 11) is 0. The van der Waals surface area contributed by atoms with Gasteiger partial charge < -0.3 is 4.74 Å². The van der Waals surface area contributed by atoms with Crippen molar-refractivity contribution < 1.29 is 4.74 Å². The molecule has 0 aliphatic carbocycles. The third kappa shape index (κ3) is 3.47. The number of rotatable bonds is 4. The predicted octanol–water partition coefficient (Wildman–Crippen LogP) is 5.53. The lowest BCUT2D eigenvalue weighted by Gasteiger charge is -2.08. The molecule has 0 N–H and O–H groups in total. The van der Waals surface area contributed by atoms with E-state index in [4.69, 9.17) is 16.3 Å². The quantitative estimate of drug-likeness (QED) is 0.487. The van der Waals surface area contributed by atoms with E-state index < -0.39 is 0 Å². The summed E-state index contributed by atoms with van der Waals surface area (Å²) in [5.41, 5.74) is 4.60. The number of halogens is 1. The molecule has 0 fully saturated rings. The fourth-order valence-corrected chi connectivity index (χ4v) is 2.79. The van der Waals surface area contributed by atoms with Gasteiger partial charge in [-0.25, -0.2) is 4.98 Å². The Labute approximate surface area is 150 Å². The Morgan fingerprint density at radius 2 is 1.52 bits per heavy atom. The molecule has 0 saturated carbocycles. The van der Waals surface area contributed by atoms with Gasteiger partial charge in [0.2, 0.25) is 0 Å². The zero-order valence-corrected chi connectivity index (χ0v) is 14.1. The third-order valence-electron chi connectivity index (χ3n) is 3.95. The zero-order chi connectivity index (χ0) is 17.1. The number of benzene rings is 3. The van der Waals surface area contributed by atoms with Crippen LogP contribution in [0.1, 0.15) is 5.56 Å². The van der Waals surface area contributed by atoms with Crippen molar-refractivity contribution in [3.05, 3.63) is 89.6 Å². The van der Waals surface area contributed by atoms with Gasteiger partial charge in [0.15, 0.2) is 0 Å². The van der Waals surface area contributed by atoms with Gasteiger partial charge in [-0.1, -0.05) is 41.9 Å². The van der Waals surface area contributed by atoms with Crippen LogP contribution in [0.3, 0.4) is 0 Å². The van der Waals surface area contributed by atoms with Crippen LogP contribution in [-0.2, 0) is 6.61 Å². The number of hydrogen-bond donors (Lipinski definition) is 0. The van der Waals surface area contributed by atoms with Crippen LogP contribution in [-0.4, -0.2) is 9.97 Å². The van der Waals surface area contributed by atoms with Crippen LogP contribution in [0, 0.1) is 0 Å². The monoisotopic (exact) mass is 346 g/mol. The highest BCUT2D eigenvalue weighted by Gasteiger charge is 2.04. The number of para-hydroxylation sites is 2. The lowest BCUT2D eigenvalue weighted by Crippen LogP contribution is -1.96. The Balaban J connectivity index is 1.52. The van der Waals surface area contributed by atoms with Gasteiger partial charge in [0, 0.05) is 16.1 Å². The molecule has 4 aromatic rings. The van der Waals surface area contributed by atoms with Crippen LogP contribution in [0.2, 0.25) is 5.02 Å². The lowest BCUT2D eigenvalue weighted by atomic mass is 10.1. The second-order valence-corrected chi connectivity index (χ2v) is 6.06. The first-order valence-corrected chi connectivity index (χ1v) is 8.36. The van der Waals surface area contributed by atoms with Crippen molar-refractivity contribution in [3.63, 3.8) is 0 Å². The first-order chi connectivity index (χ1) is 12.3. The standard InChI is InChI=1S/C21H15ClN2O/c22-18-6-2-1-5-16(18)14-25-17-11-9-15(10-12-17)21-13-23-19-7-3-4-8-20(19)24-21/h1-13H,14H2. The molecule has 0 radical (unpaired) electrons. The SMILES string of the molecule is Clc1ccccc1COc1ccc(-c2cnc3ccccc3n2)cc1. The van der Waals surface area contributed by atoms with E-state index in [0.717, 1.165) is 33.6 Å². The van der Waals surface area contributed by atoms with E-state index in [0.29, 0.717) is 11.6 Å². The van der Waals surface area contributed by atoms with Gasteiger partial charge in [-0.2, -0.15) is 0 Å². The van der Waals surface area contributed by atoms with Crippen molar-refractivity contribution in [2.75, 3.05) is 0 Å². The minimum absolute atomic E-state index is 0.439. The Morgan fingerprint density at radius 3 is 2.32 bits per heavy atom. The van der Waals surface area contributed by atoms with E-state index in [-0.39, 0.29) is 0 Å². The first-order valence-electron chi connectivity index (χ1n) is 7.98. The molecular weight excluding hydrogens is 332 g/mol. The fourth-order valence-electron chi connectivity index (χ4n) is 2.59. The van der Waals surface area contributed by atoms with E-state index in [9.17, 15) is 0 Å². The number of aromatic nitrogens is 2. The second-order valence-electron chi connectivity index (χ2n) is 5.65. The van der Waals surface area contributed by atoms with Gasteiger partial charge in [0.1, 0.15) is 12.4 Å². The topological polar surface area (TPSA) is 35.0 Å². The summed E-state index contributed by atoms with van der Waals surface area (Å²) in [5, 5.41) is 0.713. The molecule has 0 spiro atoms. The van der Waals surface area contributed by atoms with Crippen molar-refractivity contribution >= 4 is 22.6 Å². The van der Waals surface area contributed by atoms with E-state index in [1.165, 1.54) is 0 Å². The summed E-state index contributed by atoms with van der Waals surface area (Å²) in [4.78, 5) is 9.12. The summed E-state index contributed by atoms with van der Waals surface area (Å²) in [5.74, 6) is 0.789. The normalized spacial score (nSPS) is 10.8. The van der Waals surface area contributed by atoms with Crippen LogP contribution in [0.4, 0.5) is 0 Å². The molecule has 0 bridgehead atoms. The molecule has 0 unspecified atom stereocenters. The van der Waals surface area contributed by atoms with Gasteiger partial charge in [-0.05, 0) is 42.5 Å². The van der Waals surface area contributed by atoms with Crippen LogP contribution in [0.15, 0.2) is 79.0 Å². The molecular formula is C21H15ClN2O. The average Bonchev–Trinajstić information content (AvgIpc) is 2.67. The highest BCUT2D eigenvalue weighted by Crippen LogP contribution is 2.23. The molecule has 0 atom stereocenters. The number of ether oxygens (including phenoxy) is 1. The van der Waals surface area contributed by atoms with Crippen molar-refractivity contribution in [3.8, 4) is 17.0 Å². The minimum atomic E-state index is 0.439. The maximum atomic E-state index is 6.15. The Kier molecular flexibility index (Phi) is 4.32. The molecule has 3 nitrogen and oxygen atoms in total. The van der Waals surface area contributed by atoms with Gasteiger partial charge in [-0.15, -0.1) is 0 Å². The Hall–Kier alpha value is -2.91. The fraction of sp³-hybridized carbons (Fsp3) is 0.0476. The number of hydrogen-bond acceptors (Lipinski definition) is 3. The van der Waals surface area contributed by atoms with Gasteiger partial charge in [0.25, 0.3) is 0 Å². The summed E-state index contributed by atoms with van der Waals surface area (Å²) >= 11 is 6.15. The number of fused-ring (bicyclic) bond motifs is 1. The number of nitrogens with zero attached hydrogens (tertiary/aromatic N) is 2. The Morgan fingerprint density at radius 1 is 0.800 bits per heavy atom. The smallest absolute Gasteiger partial charge is 0.119 e. The minimum Gasteiger partial charge on any atom is -0.489 e. The summed E-state index contributed by atoms with van der Waals surface area (Å²) < 4.78 is 5.81. The zero-order valence-electron chi connectivity index (χ0n) is 13.4. The molecule has 25 heavy (non-hydrogen) atoms. The molecule has 122 valence electrons. The highest BCUT2D eigenvalue weighted by molar-refractivity contribution is 6.31. The molecule has 3 aromatic carbocycles. The molecule has 1 aromatic heterocycles. The average molecular weight is 347 g/mol.